The molecule has 0 aromatic carbocycles. The Balaban J connectivity index is 2.51. The second-order valence-electron chi connectivity index (χ2n) is 5.13. The number of carboxylic acids is 1. The zero-order chi connectivity index (χ0) is 14.4. The van der Waals surface area contributed by atoms with Crippen molar-refractivity contribution < 1.29 is 14.7 Å². The highest BCUT2D eigenvalue weighted by molar-refractivity contribution is 7.99. The van der Waals surface area contributed by atoms with Crippen LogP contribution in [-0.4, -0.2) is 40.7 Å². The minimum atomic E-state index is -0.975. The summed E-state index contributed by atoms with van der Waals surface area (Å²) < 4.78 is 0. The van der Waals surface area contributed by atoms with Gasteiger partial charge in [-0.2, -0.15) is 11.8 Å². The Bertz CT molecular complexity index is 325. The standard InChI is InChI=1S/C13H24N2O3S/c1-4-8(2)11(12(16)17)15-13(18)14-9-6-5-7-10(9)19-3/h8-11H,4-7H2,1-3H3,(H,16,17)(H2,14,15,18)/t8-,9?,10?,11-/m0/s1. The first-order chi connectivity index (χ1) is 8.99. The molecule has 0 bridgehead atoms. The van der Waals surface area contributed by atoms with Crippen molar-refractivity contribution in [3.05, 3.63) is 0 Å². The van der Waals surface area contributed by atoms with Gasteiger partial charge in [-0.1, -0.05) is 26.7 Å². The van der Waals surface area contributed by atoms with Gasteiger partial charge in [0.25, 0.3) is 0 Å². The number of nitrogens with one attached hydrogen (secondary N) is 2. The smallest absolute Gasteiger partial charge is 0.326 e. The van der Waals surface area contributed by atoms with Crippen LogP contribution in [0.1, 0.15) is 39.5 Å². The quantitative estimate of drug-likeness (QED) is 0.699. The van der Waals surface area contributed by atoms with Crippen LogP contribution in [0.5, 0.6) is 0 Å². The van der Waals surface area contributed by atoms with Crippen LogP contribution in [0.2, 0.25) is 0 Å². The van der Waals surface area contributed by atoms with Gasteiger partial charge in [-0.05, 0) is 25.0 Å². The number of thioether (sulfide) groups is 1. The first-order valence-electron chi connectivity index (χ1n) is 6.82. The van der Waals surface area contributed by atoms with Gasteiger partial charge in [0.2, 0.25) is 0 Å². The molecule has 1 saturated carbocycles. The van der Waals surface area contributed by atoms with E-state index < -0.39 is 12.0 Å². The van der Waals surface area contributed by atoms with Gasteiger partial charge in [0.15, 0.2) is 0 Å². The van der Waals surface area contributed by atoms with Crippen molar-refractivity contribution in [3.63, 3.8) is 0 Å². The lowest BCUT2D eigenvalue weighted by Crippen LogP contribution is -2.52. The van der Waals surface area contributed by atoms with Crippen LogP contribution < -0.4 is 10.6 Å². The van der Waals surface area contributed by atoms with Crippen molar-refractivity contribution in [2.45, 2.75) is 56.9 Å². The highest BCUT2D eigenvalue weighted by atomic mass is 32.2. The van der Waals surface area contributed by atoms with E-state index in [1.54, 1.807) is 11.8 Å². The van der Waals surface area contributed by atoms with E-state index in [1.807, 2.05) is 20.1 Å². The van der Waals surface area contributed by atoms with E-state index in [4.69, 9.17) is 5.11 Å². The fourth-order valence-corrected chi connectivity index (χ4v) is 3.34. The first-order valence-corrected chi connectivity index (χ1v) is 8.11. The summed E-state index contributed by atoms with van der Waals surface area (Å²) >= 11 is 1.76. The van der Waals surface area contributed by atoms with Crippen molar-refractivity contribution in [2.75, 3.05) is 6.26 Å². The number of hydrogen-bond donors (Lipinski definition) is 3. The molecular weight excluding hydrogens is 264 g/mol. The average molecular weight is 288 g/mol. The van der Waals surface area contributed by atoms with Gasteiger partial charge >= 0.3 is 12.0 Å². The summed E-state index contributed by atoms with van der Waals surface area (Å²) in [5, 5.41) is 15.1. The number of urea groups is 1. The van der Waals surface area contributed by atoms with Crippen molar-refractivity contribution >= 4 is 23.8 Å². The first kappa shape index (κ1) is 16.1. The molecule has 0 aliphatic heterocycles. The molecule has 1 aliphatic rings. The highest BCUT2D eigenvalue weighted by Gasteiger charge is 2.30. The topological polar surface area (TPSA) is 78.4 Å². The summed E-state index contributed by atoms with van der Waals surface area (Å²) in [6, 6.07) is -1.03. The van der Waals surface area contributed by atoms with Gasteiger partial charge in [0, 0.05) is 11.3 Å². The Labute approximate surface area is 118 Å². The molecule has 0 spiro atoms. The van der Waals surface area contributed by atoms with Gasteiger partial charge in [-0.3, -0.25) is 0 Å². The van der Waals surface area contributed by atoms with E-state index in [9.17, 15) is 9.59 Å². The number of carbonyl (C=O) groups is 2. The second-order valence-corrected chi connectivity index (χ2v) is 6.21. The third kappa shape index (κ3) is 4.60. The molecule has 6 heteroatoms. The largest absolute Gasteiger partial charge is 0.480 e. The van der Waals surface area contributed by atoms with Gasteiger partial charge in [-0.25, -0.2) is 9.59 Å². The number of carbonyl (C=O) groups excluding carboxylic acids is 1. The molecule has 1 aliphatic carbocycles. The minimum Gasteiger partial charge on any atom is -0.480 e. The molecule has 2 unspecified atom stereocenters. The number of carboxylic acid groups (broad SMARTS) is 1. The van der Waals surface area contributed by atoms with Crippen LogP contribution in [0.4, 0.5) is 4.79 Å². The Kier molecular flexibility index (Phi) is 6.48. The van der Waals surface area contributed by atoms with Crippen molar-refractivity contribution in [3.8, 4) is 0 Å². The maximum absolute atomic E-state index is 11.9. The normalized spacial score (nSPS) is 25.6. The van der Waals surface area contributed by atoms with Crippen LogP contribution in [-0.2, 0) is 4.79 Å². The number of hydrogen-bond acceptors (Lipinski definition) is 3. The lowest BCUT2D eigenvalue weighted by atomic mass is 9.99. The summed E-state index contributed by atoms with van der Waals surface area (Å²) in [6.45, 7) is 3.75. The number of aliphatic carboxylic acids is 1. The molecule has 110 valence electrons. The van der Waals surface area contributed by atoms with Crippen LogP contribution in [0.15, 0.2) is 0 Å². The Morgan fingerprint density at radius 2 is 2.11 bits per heavy atom. The molecule has 0 aromatic heterocycles. The Morgan fingerprint density at radius 3 is 2.63 bits per heavy atom. The Hall–Kier alpha value is -0.910. The lowest BCUT2D eigenvalue weighted by Gasteiger charge is -2.24. The molecule has 0 heterocycles. The van der Waals surface area contributed by atoms with Crippen LogP contribution in [0, 0.1) is 5.92 Å². The molecule has 0 saturated heterocycles. The maximum atomic E-state index is 11.9. The van der Waals surface area contributed by atoms with Gasteiger partial charge in [-0.15, -0.1) is 0 Å². The van der Waals surface area contributed by atoms with Crippen molar-refractivity contribution in [1.29, 1.82) is 0 Å². The molecule has 4 atom stereocenters. The molecule has 0 radical (unpaired) electrons. The highest BCUT2D eigenvalue weighted by Crippen LogP contribution is 2.28. The van der Waals surface area contributed by atoms with Gasteiger partial charge in [0.05, 0.1) is 0 Å². The third-order valence-electron chi connectivity index (χ3n) is 3.84. The summed E-state index contributed by atoms with van der Waals surface area (Å²) in [6.07, 6.45) is 5.96. The van der Waals surface area contributed by atoms with Gasteiger partial charge in [0.1, 0.15) is 6.04 Å². The van der Waals surface area contributed by atoms with E-state index in [2.05, 4.69) is 10.6 Å². The van der Waals surface area contributed by atoms with E-state index in [0.29, 0.717) is 11.7 Å². The fourth-order valence-electron chi connectivity index (χ4n) is 2.41. The summed E-state index contributed by atoms with van der Waals surface area (Å²) in [4.78, 5) is 23.0. The minimum absolute atomic E-state index is 0.0804. The average Bonchev–Trinajstić information content (AvgIpc) is 2.81. The molecule has 5 nitrogen and oxygen atoms in total. The molecule has 0 aromatic rings. The second kappa shape index (κ2) is 7.62. The van der Waals surface area contributed by atoms with E-state index in [0.717, 1.165) is 19.3 Å². The fraction of sp³-hybridized carbons (Fsp3) is 0.846. The van der Waals surface area contributed by atoms with E-state index >= 15 is 0 Å². The Morgan fingerprint density at radius 1 is 1.42 bits per heavy atom. The zero-order valence-corrected chi connectivity index (χ0v) is 12.6. The van der Waals surface area contributed by atoms with Crippen molar-refractivity contribution in [2.24, 2.45) is 5.92 Å². The summed E-state index contributed by atoms with van der Waals surface area (Å²) in [7, 11) is 0. The molecule has 2 amide bonds. The van der Waals surface area contributed by atoms with Crippen molar-refractivity contribution in [1.82, 2.24) is 10.6 Å². The third-order valence-corrected chi connectivity index (χ3v) is 5.01. The van der Waals surface area contributed by atoms with Gasteiger partial charge < -0.3 is 15.7 Å². The van der Waals surface area contributed by atoms with Crippen LogP contribution >= 0.6 is 11.8 Å². The lowest BCUT2D eigenvalue weighted by molar-refractivity contribution is -0.140. The number of amides is 2. The molecule has 3 N–H and O–H groups in total. The predicted molar refractivity (Wildman–Crippen MR) is 77.5 cm³/mol. The summed E-state index contributed by atoms with van der Waals surface area (Å²) in [5.74, 6) is -1.06. The SMILES string of the molecule is CC[C@H](C)[C@H](NC(=O)NC1CCCC1SC)C(=O)O. The van der Waals surface area contributed by atoms with E-state index in [1.165, 1.54) is 0 Å². The molecular formula is C13H24N2O3S. The summed E-state index contributed by atoms with van der Waals surface area (Å²) in [5.41, 5.74) is 0. The molecule has 19 heavy (non-hydrogen) atoms. The maximum Gasteiger partial charge on any atom is 0.326 e. The molecule has 1 fully saturated rings. The van der Waals surface area contributed by atoms with Crippen LogP contribution in [0.3, 0.4) is 0 Å². The zero-order valence-electron chi connectivity index (χ0n) is 11.8. The van der Waals surface area contributed by atoms with E-state index in [-0.39, 0.29) is 18.0 Å². The number of rotatable bonds is 6. The molecule has 1 rings (SSSR count). The predicted octanol–water partition coefficient (Wildman–Crippen LogP) is 2.07. The monoisotopic (exact) mass is 288 g/mol. The van der Waals surface area contributed by atoms with Crippen LogP contribution in [0.25, 0.3) is 0 Å².